The lowest BCUT2D eigenvalue weighted by Gasteiger charge is -2.14. The molecule has 104 valence electrons. The number of amides is 3. The number of rotatable bonds is 4. The first kappa shape index (κ1) is 14.8. The lowest BCUT2D eigenvalue weighted by Crippen LogP contribution is -2.34. The number of anilines is 2. The number of urea groups is 1. The summed E-state index contributed by atoms with van der Waals surface area (Å²) in [6.45, 7) is 5.15. The highest BCUT2D eigenvalue weighted by Crippen LogP contribution is 2.27. The second-order valence-electron chi connectivity index (χ2n) is 4.35. The molecule has 19 heavy (non-hydrogen) atoms. The van der Waals surface area contributed by atoms with Crippen LogP contribution in [0.15, 0.2) is 18.2 Å². The smallest absolute Gasteiger partial charge is 0.319 e. The van der Waals surface area contributed by atoms with Crippen LogP contribution in [-0.2, 0) is 4.79 Å². The summed E-state index contributed by atoms with van der Waals surface area (Å²) in [6.07, 6.45) is 0. The zero-order valence-electron chi connectivity index (χ0n) is 11.5. The van der Waals surface area contributed by atoms with Crippen molar-refractivity contribution in [2.45, 2.75) is 26.8 Å². The van der Waals surface area contributed by atoms with E-state index in [-0.39, 0.29) is 18.0 Å². The molecule has 0 atom stereocenters. The summed E-state index contributed by atoms with van der Waals surface area (Å²) in [6, 6.07) is 4.72. The highest BCUT2D eigenvalue weighted by Gasteiger charge is 2.09. The van der Waals surface area contributed by atoms with Gasteiger partial charge in [0.25, 0.3) is 0 Å². The maximum absolute atomic E-state index is 11.7. The predicted octanol–water partition coefficient (Wildman–Crippen LogP) is 2.18. The van der Waals surface area contributed by atoms with Gasteiger partial charge in [-0.05, 0) is 32.0 Å². The molecule has 0 saturated heterocycles. The van der Waals surface area contributed by atoms with Crippen molar-refractivity contribution >= 4 is 23.3 Å². The first-order valence-corrected chi connectivity index (χ1v) is 5.95. The van der Waals surface area contributed by atoms with Crippen molar-refractivity contribution in [2.75, 3.05) is 17.7 Å². The van der Waals surface area contributed by atoms with Crippen LogP contribution < -0.4 is 20.7 Å². The molecule has 0 fully saturated rings. The van der Waals surface area contributed by atoms with Crippen LogP contribution in [0.5, 0.6) is 5.75 Å². The Balaban J connectivity index is 2.89. The standard InChI is InChI=1S/C13H19N3O3/c1-8(2)14-13(18)16-11-7-10(15-9(3)17)5-6-12(11)19-4/h5-8H,1-4H3,(H,15,17)(H2,14,16,18). The molecule has 0 aliphatic rings. The Kier molecular flexibility index (Phi) is 5.17. The largest absolute Gasteiger partial charge is 0.495 e. The minimum absolute atomic E-state index is 0.0320. The third-order valence-electron chi connectivity index (χ3n) is 2.19. The van der Waals surface area contributed by atoms with E-state index in [1.54, 1.807) is 18.2 Å². The molecule has 0 heterocycles. The van der Waals surface area contributed by atoms with Crippen LogP contribution in [0.4, 0.5) is 16.2 Å². The number of hydrogen-bond donors (Lipinski definition) is 3. The molecule has 3 amide bonds. The van der Waals surface area contributed by atoms with Gasteiger partial charge in [-0.2, -0.15) is 0 Å². The van der Waals surface area contributed by atoms with E-state index in [0.29, 0.717) is 17.1 Å². The van der Waals surface area contributed by atoms with Crippen LogP contribution in [0.25, 0.3) is 0 Å². The minimum Gasteiger partial charge on any atom is -0.495 e. The fraction of sp³-hybridized carbons (Fsp3) is 0.385. The van der Waals surface area contributed by atoms with Gasteiger partial charge in [0.05, 0.1) is 12.8 Å². The fourth-order valence-electron chi connectivity index (χ4n) is 1.51. The van der Waals surface area contributed by atoms with E-state index in [9.17, 15) is 9.59 Å². The SMILES string of the molecule is COc1ccc(NC(C)=O)cc1NC(=O)NC(C)C. The molecule has 6 nitrogen and oxygen atoms in total. The number of hydrogen-bond acceptors (Lipinski definition) is 3. The number of carbonyl (C=O) groups is 2. The molecular formula is C13H19N3O3. The van der Waals surface area contributed by atoms with E-state index < -0.39 is 0 Å². The van der Waals surface area contributed by atoms with E-state index in [1.807, 2.05) is 13.8 Å². The van der Waals surface area contributed by atoms with Crippen molar-refractivity contribution < 1.29 is 14.3 Å². The van der Waals surface area contributed by atoms with Crippen LogP contribution in [0.2, 0.25) is 0 Å². The number of nitrogens with one attached hydrogen (secondary N) is 3. The average molecular weight is 265 g/mol. The van der Waals surface area contributed by atoms with Crippen molar-refractivity contribution in [3.8, 4) is 5.75 Å². The number of carbonyl (C=O) groups excluding carboxylic acids is 2. The predicted molar refractivity (Wildman–Crippen MR) is 74.6 cm³/mol. The number of ether oxygens (including phenoxy) is 1. The van der Waals surface area contributed by atoms with Gasteiger partial charge in [-0.25, -0.2) is 4.79 Å². The maximum atomic E-state index is 11.7. The normalized spacial score (nSPS) is 9.95. The molecule has 6 heteroatoms. The Morgan fingerprint density at radius 1 is 1.21 bits per heavy atom. The summed E-state index contributed by atoms with van der Waals surface area (Å²) in [4.78, 5) is 22.7. The second kappa shape index (κ2) is 6.63. The first-order valence-electron chi connectivity index (χ1n) is 5.95. The summed E-state index contributed by atoms with van der Waals surface area (Å²) in [5.74, 6) is 0.343. The van der Waals surface area contributed by atoms with E-state index in [2.05, 4.69) is 16.0 Å². The van der Waals surface area contributed by atoms with Crippen molar-refractivity contribution in [3.05, 3.63) is 18.2 Å². The molecule has 1 aromatic carbocycles. The zero-order valence-corrected chi connectivity index (χ0v) is 11.5. The topological polar surface area (TPSA) is 79.5 Å². The summed E-state index contributed by atoms with van der Waals surface area (Å²) in [5, 5.41) is 8.03. The molecule has 0 aromatic heterocycles. The molecule has 0 radical (unpaired) electrons. The van der Waals surface area contributed by atoms with Crippen LogP contribution in [0.3, 0.4) is 0 Å². The van der Waals surface area contributed by atoms with Crippen LogP contribution in [0, 0.1) is 0 Å². The second-order valence-corrected chi connectivity index (χ2v) is 4.35. The lowest BCUT2D eigenvalue weighted by molar-refractivity contribution is -0.114. The molecule has 0 saturated carbocycles. The van der Waals surface area contributed by atoms with Gasteiger partial charge in [0.15, 0.2) is 0 Å². The van der Waals surface area contributed by atoms with Gasteiger partial charge in [0.1, 0.15) is 5.75 Å². The molecular weight excluding hydrogens is 246 g/mol. The molecule has 1 aromatic rings. The number of benzene rings is 1. The highest BCUT2D eigenvalue weighted by molar-refractivity contribution is 5.94. The number of methoxy groups -OCH3 is 1. The van der Waals surface area contributed by atoms with Gasteiger partial charge in [0.2, 0.25) is 5.91 Å². The average Bonchev–Trinajstić information content (AvgIpc) is 2.27. The third-order valence-corrected chi connectivity index (χ3v) is 2.19. The van der Waals surface area contributed by atoms with Crippen molar-refractivity contribution in [3.63, 3.8) is 0 Å². The Morgan fingerprint density at radius 3 is 2.42 bits per heavy atom. The molecule has 0 unspecified atom stereocenters. The Labute approximate surface area is 112 Å². The summed E-state index contributed by atoms with van der Waals surface area (Å²) >= 11 is 0. The van der Waals surface area contributed by atoms with E-state index in [0.717, 1.165) is 0 Å². The molecule has 0 bridgehead atoms. The van der Waals surface area contributed by atoms with Crippen molar-refractivity contribution in [1.82, 2.24) is 5.32 Å². The highest BCUT2D eigenvalue weighted by atomic mass is 16.5. The maximum Gasteiger partial charge on any atom is 0.319 e. The zero-order chi connectivity index (χ0) is 14.4. The van der Waals surface area contributed by atoms with Gasteiger partial charge < -0.3 is 20.7 Å². The van der Waals surface area contributed by atoms with E-state index in [1.165, 1.54) is 14.0 Å². The van der Waals surface area contributed by atoms with Crippen LogP contribution in [-0.4, -0.2) is 25.1 Å². The fourth-order valence-corrected chi connectivity index (χ4v) is 1.51. The Morgan fingerprint density at radius 2 is 1.89 bits per heavy atom. The van der Waals surface area contributed by atoms with Gasteiger partial charge in [-0.15, -0.1) is 0 Å². The van der Waals surface area contributed by atoms with Crippen LogP contribution in [0.1, 0.15) is 20.8 Å². The first-order chi connectivity index (χ1) is 8.92. The lowest BCUT2D eigenvalue weighted by atomic mass is 10.2. The van der Waals surface area contributed by atoms with Crippen molar-refractivity contribution in [1.29, 1.82) is 0 Å². The van der Waals surface area contributed by atoms with Gasteiger partial charge >= 0.3 is 6.03 Å². The molecule has 1 rings (SSSR count). The monoisotopic (exact) mass is 265 g/mol. The Hall–Kier alpha value is -2.24. The Bertz CT molecular complexity index is 472. The van der Waals surface area contributed by atoms with E-state index >= 15 is 0 Å². The van der Waals surface area contributed by atoms with E-state index in [4.69, 9.17) is 4.74 Å². The third kappa shape index (κ3) is 4.87. The molecule has 0 aliphatic carbocycles. The minimum atomic E-state index is -0.326. The molecule has 0 spiro atoms. The summed E-state index contributed by atoms with van der Waals surface area (Å²) in [5.41, 5.74) is 1.08. The summed E-state index contributed by atoms with van der Waals surface area (Å²) in [7, 11) is 1.51. The van der Waals surface area contributed by atoms with Gasteiger partial charge in [-0.3, -0.25) is 4.79 Å². The molecule has 3 N–H and O–H groups in total. The quantitative estimate of drug-likeness (QED) is 0.780. The molecule has 0 aliphatic heterocycles. The van der Waals surface area contributed by atoms with Crippen LogP contribution >= 0.6 is 0 Å². The van der Waals surface area contributed by atoms with Gasteiger partial charge in [0, 0.05) is 18.7 Å². The summed E-state index contributed by atoms with van der Waals surface area (Å²) < 4.78 is 5.16. The van der Waals surface area contributed by atoms with Gasteiger partial charge in [-0.1, -0.05) is 0 Å². The van der Waals surface area contributed by atoms with Crippen molar-refractivity contribution in [2.24, 2.45) is 0 Å².